The number of anilines is 1. The molecule has 6 heteroatoms. The van der Waals surface area contributed by atoms with Gasteiger partial charge in [0.2, 0.25) is 5.91 Å². The van der Waals surface area contributed by atoms with Crippen molar-refractivity contribution in [1.82, 2.24) is 9.97 Å². The van der Waals surface area contributed by atoms with E-state index < -0.39 is 0 Å². The highest BCUT2D eigenvalue weighted by atomic mass is 32.2. The Kier molecular flexibility index (Phi) is 5.69. The van der Waals surface area contributed by atoms with Gasteiger partial charge in [0.05, 0.1) is 5.25 Å². The zero-order chi connectivity index (χ0) is 19.7. The van der Waals surface area contributed by atoms with Crippen LogP contribution in [0.3, 0.4) is 0 Å². The van der Waals surface area contributed by atoms with Gasteiger partial charge >= 0.3 is 0 Å². The number of carbonyl (C=O) groups is 1. The predicted molar refractivity (Wildman–Crippen MR) is 119 cm³/mol. The molecule has 0 aliphatic heterocycles. The van der Waals surface area contributed by atoms with Gasteiger partial charge < -0.3 is 5.32 Å². The molecule has 4 nitrogen and oxygen atoms in total. The van der Waals surface area contributed by atoms with Crippen molar-refractivity contribution in [1.29, 1.82) is 0 Å². The first-order chi connectivity index (χ1) is 13.6. The fourth-order valence-corrected chi connectivity index (χ4v) is 6.16. The van der Waals surface area contributed by atoms with E-state index in [1.807, 2.05) is 32.0 Å². The number of aryl methyl sites for hydroxylation is 4. The Labute approximate surface area is 174 Å². The molecule has 1 N–H and O–H groups in total. The summed E-state index contributed by atoms with van der Waals surface area (Å²) in [6, 6.07) is 6.08. The third-order valence-corrected chi connectivity index (χ3v) is 7.93. The van der Waals surface area contributed by atoms with Crippen LogP contribution < -0.4 is 5.32 Å². The van der Waals surface area contributed by atoms with Crippen LogP contribution in [0.5, 0.6) is 0 Å². The number of hydrogen-bond acceptors (Lipinski definition) is 5. The molecule has 1 aromatic carbocycles. The second-order valence-electron chi connectivity index (χ2n) is 7.34. The maximum Gasteiger partial charge on any atom is 0.237 e. The standard InChI is InChI=1S/C22H25N3OS2/c1-4-16(20(26)25-19-13(2)8-7-9-14(19)3)27-21-18-15-10-5-6-11-17(15)28-22(18)24-12-23-21/h7-9,12,16H,4-6,10-11H2,1-3H3,(H,25,26). The van der Waals surface area contributed by atoms with Crippen molar-refractivity contribution in [3.63, 3.8) is 0 Å². The molecule has 146 valence electrons. The van der Waals surface area contributed by atoms with Gasteiger partial charge in [-0.25, -0.2) is 9.97 Å². The predicted octanol–water partition coefficient (Wildman–Crippen LogP) is 5.70. The first-order valence-electron chi connectivity index (χ1n) is 9.87. The minimum atomic E-state index is -0.184. The van der Waals surface area contributed by atoms with Gasteiger partial charge in [0, 0.05) is 16.0 Å². The van der Waals surface area contributed by atoms with Crippen molar-refractivity contribution >= 4 is 44.9 Å². The van der Waals surface area contributed by atoms with Crippen LogP contribution >= 0.6 is 23.1 Å². The summed E-state index contributed by atoms with van der Waals surface area (Å²) in [4.78, 5) is 24.6. The molecule has 1 aliphatic carbocycles. The molecule has 0 saturated heterocycles. The highest BCUT2D eigenvalue weighted by Crippen LogP contribution is 2.40. The molecule has 2 aromatic heterocycles. The van der Waals surface area contributed by atoms with Crippen molar-refractivity contribution in [3.8, 4) is 0 Å². The average Bonchev–Trinajstić information content (AvgIpc) is 3.08. The SMILES string of the molecule is CCC(Sc1ncnc2sc3c(c12)CCCC3)C(=O)Nc1c(C)cccc1C. The van der Waals surface area contributed by atoms with Crippen molar-refractivity contribution < 1.29 is 4.79 Å². The maximum atomic E-state index is 13.0. The highest BCUT2D eigenvalue weighted by molar-refractivity contribution is 8.00. The van der Waals surface area contributed by atoms with E-state index in [-0.39, 0.29) is 11.2 Å². The zero-order valence-corrected chi connectivity index (χ0v) is 18.2. The molecule has 0 radical (unpaired) electrons. The van der Waals surface area contributed by atoms with Gasteiger partial charge in [-0.15, -0.1) is 11.3 Å². The van der Waals surface area contributed by atoms with Crippen molar-refractivity contribution in [2.24, 2.45) is 0 Å². The van der Waals surface area contributed by atoms with Crippen LogP contribution in [0.4, 0.5) is 5.69 Å². The number of benzene rings is 1. The van der Waals surface area contributed by atoms with E-state index in [4.69, 9.17) is 0 Å². The number of amides is 1. The molecule has 3 aromatic rings. The van der Waals surface area contributed by atoms with E-state index in [9.17, 15) is 4.79 Å². The Morgan fingerprint density at radius 1 is 1.21 bits per heavy atom. The van der Waals surface area contributed by atoms with Crippen LogP contribution in [0.2, 0.25) is 0 Å². The quantitative estimate of drug-likeness (QED) is 0.432. The van der Waals surface area contributed by atoms with E-state index in [0.717, 1.165) is 45.9 Å². The first-order valence-corrected chi connectivity index (χ1v) is 11.6. The third-order valence-electron chi connectivity index (χ3n) is 5.36. The van der Waals surface area contributed by atoms with Crippen LogP contribution in [0.15, 0.2) is 29.6 Å². The van der Waals surface area contributed by atoms with Gasteiger partial charge in [0.1, 0.15) is 16.2 Å². The van der Waals surface area contributed by atoms with Crippen LogP contribution in [-0.2, 0) is 17.6 Å². The molecule has 2 heterocycles. The van der Waals surface area contributed by atoms with E-state index >= 15 is 0 Å². The van der Waals surface area contributed by atoms with Gasteiger partial charge in [-0.3, -0.25) is 4.79 Å². The Balaban J connectivity index is 1.62. The summed E-state index contributed by atoms with van der Waals surface area (Å²) >= 11 is 3.38. The summed E-state index contributed by atoms with van der Waals surface area (Å²) in [6.07, 6.45) is 7.11. The third kappa shape index (κ3) is 3.67. The number of carbonyl (C=O) groups excluding carboxylic acids is 1. The molecular formula is C22H25N3OS2. The molecule has 0 saturated carbocycles. The normalized spacial score (nSPS) is 14.7. The van der Waals surface area contributed by atoms with Crippen molar-refractivity contribution in [3.05, 3.63) is 46.1 Å². The fraction of sp³-hybridized carbons (Fsp3) is 0.409. The van der Waals surface area contributed by atoms with Crippen LogP contribution in [0.25, 0.3) is 10.2 Å². The van der Waals surface area contributed by atoms with E-state index in [0.29, 0.717) is 0 Å². The number of aromatic nitrogens is 2. The Hall–Kier alpha value is -1.92. The van der Waals surface area contributed by atoms with E-state index in [1.54, 1.807) is 29.4 Å². The molecule has 4 rings (SSSR count). The molecule has 1 aliphatic rings. The number of para-hydroxylation sites is 1. The lowest BCUT2D eigenvalue weighted by Gasteiger charge is -2.18. The number of hydrogen-bond donors (Lipinski definition) is 1. The lowest BCUT2D eigenvalue weighted by atomic mass is 9.97. The molecular weight excluding hydrogens is 386 g/mol. The maximum absolute atomic E-state index is 13.0. The van der Waals surface area contributed by atoms with Gasteiger partial charge in [-0.2, -0.15) is 0 Å². The zero-order valence-electron chi connectivity index (χ0n) is 16.5. The largest absolute Gasteiger partial charge is 0.325 e. The topological polar surface area (TPSA) is 54.9 Å². The number of thiophene rings is 1. The average molecular weight is 412 g/mol. The molecule has 0 spiro atoms. The van der Waals surface area contributed by atoms with Crippen LogP contribution in [-0.4, -0.2) is 21.1 Å². The number of nitrogens with zero attached hydrogens (tertiary/aromatic N) is 2. The summed E-state index contributed by atoms with van der Waals surface area (Å²) < 4.78 is 0. The summed E-state index contributed by atoms with van der Waals surface area (Å²) in [5.41, 5.74) is 4.51. The van der Waals surface area contributed by atoms with Crippen LogP contribution in [0.1, 0.15) is 47.8 Å². The monoisotopic (exact) mass is 411 g/mol. The minimum absolute atomic E-state index is 0.0424. The lowest BCUT2D eigenvalue weighted by Crippen LogP contribution is -2.25. The van der Waals surface area contributed by atoms with Gasteiger partial charge in [-0.1, -0.05) is 36.9 Å². The number of nitrogens with one attached hydrogen (secondary N) is 1. The molecule has 0 fully saturated rings. The number of rotatable bonds is 5. The Bertz CT molecular complexity index is 1010. The summed E-state index contributed by atoms with van der Waals surface area (Å²) in [7, 11) is 0. The number of thioether (sulfide) groups is 1. The number of fused-ring (bicyclic) bond motifs is 3. The Morgan fingerprint density at radius 2 is 1.96 bits per heavy atom. The first kappa shape index (κ1) is 19.4. The highest BCUT2D eigenvalue weighted by Gasteiger charge is 2.25. The van der Waals surface area contributed by atoms with Crippen LogP contribution in [0, 0.1) is 13.8 Å². The van der Waals surface area contributed by atoms with Crippen molar-refractivity contribution in [2.75, 3.05) is 5.32 Å². The minimum Gasteiger partial charge on any atom is -0.325 e. The molecule has 1 unspecified atom stereocenters. The molecule has 0 bridgehead atoms. The Morgan fingerprint density at radius 3 is 2.71 bits per heavy atom. The molecule has 1 amide bonds. The van der Waals surface area contributed by atoms with Gasteiger partial charge in [-0.05, 0) is 62.6 Å². The van der Waals surface area contributed by atoms with Crippen molar-refractivity contribution in [2.45, 2.75) is 63.2 Å². The smallest absolute Gasteiger partial charge is 0.237 e. The summed E-state index contributed by atoms with van der Waals surface area (Å²) in [5.74, 6) is 0.0424. The molecule has 28 heavy (non-hydrogen) atoms. The second kappa shape index (κ2) is 8.21. The molecule has 1 atom stereocenters. The fourth-order valence-electron chi connectivity index (χ4n) is 3.82. The van der Waals surface area contributed by atoms with Gasteiger partial charge in [0.15, 0.2) is 0 Å². The summed E-state index contributed by atoms with van der Waals surface area (Å²) in [5, 5.41) is 5.11. The summed E-state index contributed by atoms with van der Waals surface area (Å²) in [6.45, 7) is 6.12. The van der Waals surface area contributed by atoms with E-state index in [1.165, 1.54) is 28.7 Å². The van der Waals surface area contributed by atoms with E-state index in [2.05, 4.69) is 22.2 Å². The second-order valence-corrected chi connectivity index (χ2v) is 9.62. The lowest BCUT2D eigenvalue weighted by molar-refractivity contribution is -0.115. The van der Waals surface area contributed by atoms with Gasteiger partial charge in [0.25, 0.3) is 0 Å².